The fraction of sp³-hybridized carbons (Fsp3) is 0.409. The zero-order valence-corrected chi connectivity index (χ0v) is 17.0. The molecule has 0 saturated carbocycles. The highest BCUT2D eigenvalue weighted by atomic mass is 16.5. The number of aromatic hydroxyl groups is 4. The van der Waals surface area contributed by atoms with Crippen LogP contribution in [0.1, 0.15) is 37.3 Å². The number of aliphatic hydroxyl groups excluding tert-OH is 1. The van der Waals surface area contributed by atoms with Crippen LogP contribution in [-0.2, 0) is 22.4 Å². The van der Waals surface area contributed by atoms with Crippen LogP contribution >= 0.6 is 0 Å². The molecular formula is C22H28O8. The predicted molar refractivity (Wildman–Crippen MR) is 109 cm³/mol. The Bertz CT molecular complexity index is 864. The van der Waals surface area contributed by atoms with E-state index in [0.717, 1.165) is 5.56 Å². The normalized spacial score (nSPS) is 12.9. The van der Waals surface area contributed by atoms with Gasteiger partial charge in [-0.15, -0.1) is 0 Å². The van der Waals surface area contributed by atoms with Gasteiger partial charge in [0, 0.05) is 13.3 Å². The van der Waals surface area contributed by atoms with Crippen LogP contribution in [0.2, 0.25) is 0 Å². The zero-order valence-electron chi connectivity index (χ0n) is 17.0. The van der Waals surface area contributed by atoms with Gasteiger partial charge in [0.2, 0.25) is 5.75 Å². The predicted octanol–water partition coefficient (Wildman–Crippen LogP) is 2.77. The first-order valence-corrected chi connectivity index (χ1v) is 9.64. The summed E-state index contributed by atoms with van der Waals surface area (Å²) in [4.78, 5) is 11.4. The molecule has 0 aliphatic heterocycles. The third-order valence-electron chi connectivity index (χ3n) is 4.76. The van der Waals surface area contributed by atoms with Crippen molar-refractivity contribution in [3.8, 4) is 28.7 Å². The summed E-state index contributed by atoms with van der Waals surface area (Å²) in [5.74, 6) is -1.36. The van der Waals surface area contributed by atoms with Gasteiger partial charge in [0.05, 0.1) is 13.2 Å². The minimum atomic E-state index is -0.760. The monoisotopic (exact) mass is 420 g/mol. The van der Waals surface area contributed by atoms with E-state index >= 15 is 0 Å². The molecule has 0 saturated heterocycles. The Kier molecular flexibility index (Phi) is 8.17. The molecule has 0 bridgehead atoms. The molecule has 30 heavy (non-hydrogen) atoms. The summed E-state index contributed by atoms with van der Waals surface area (Å²) in [7, 11) is 1.38. The third kappa shape index (κ3) is 6.73. The van der Waals surface area contributed by atoms with E-state index in [2.05, 4.69) is 0 Å². The van der Waals surface area contributed by atoms with Crippen LogP contribution in [0.25, 0.3) is 0 Å². The summed E-state index contributed by atoms with van der Waals surface area (Å²) in [6, 6.07) is 7.50. The number of carbonyl (C=O) groups is 1. The summed E-state index contributed by atoms with van der Waals surface area (Å²) in [5, 5.41) is 48.8. The second-order valence-electron chi connectivity index (χ2n) is 7.19. The number of rotatable bonds is 10. The van der Waals surface area contributed by atoms with Crippen molar-refractivity contribution in [1.29, 1.82) is 0 Å². The molecule has 2 unspecified atom stereocenters. The molecule has 2 aromatic carbocycles. The first-order chi connectivity index (χ1) is 14.2. The lowest BCUT2D eigenvalue weighted by atomic mass is 9.98. The lowest BCUT2D eigenvalue weighted by Gasteiger charge is -2.20. The largest absolute Gasteiger partial charge is 0.504 e. The van der Waals surface area contributed by atoms with E-state index in [4.69, 9.17) is 9.47 Å². The Morgan fingerprint density at radius 3 is 2.23 bits per heavy atom. The van der Waals surface area contributed by atoms with Gasteiger partial charge in [-0.05, 0) is 61.1 Å². The number of benzene rings is 2. The number of hydrogen-bond donors (Lipinski definition) is 5. The Hall–Kier alpha value is -3.13. The van der Waals surface area contributed by atoms with Crippen LogP contribution in [0, 0.1) is 0 Å². The Labute approximate surface area is 174 Å². The molecule has 0 heterocycles. The molecular weight excluding hydrogens is 392 g/mol. The molecule has 8 nitrogen and oxygen atoms in total. The fourth-order valence-electron chi connectivity index (χ4n) is 3.21. The van der Waals surface area contributed by atoms with Gasteiger partial charge in [0.25, 0.3) is 0 Å². The van der Waals surface area contributed by atoms with Gasteiger partial charge in [-0.1, -0.05) is 6.07 Å². The van der Waals surface area contributed by atoms with Gasteiger partial charge in [0.1, 0.15) is 6.10 Å². The molecule has 2 atom stereocenters. The molecule has 0 aliphatic rings. The number of phenols is 4. The fourth-order valence-corrected chi connectivity index (χ4v) is 3.21. The van der Waals surface area contributed by atoms with Crippen LogP contribution in [0.5, 0.6) is 28.7 Å². The molecule has 0 aliphatic carbocycles. The van der Waals surface area contributed by atoms with E-state index in [1.165, 1.54) is 32.2 Å². The average Bonchev–Trinajstić information content (AvgIpc) is 2.69. The van der Waals surface area contributed by atoms with Gasteiger partial charge >= 0.3 is 5.97 Å². The van der Waals surface area contributed by atoms with Crippen LogP contribution in [0.4, 0.5) is 0 Å². The van der Waals surface area contributed by atoms with E-state index in [1.54, 1.807) is 12.1 Å². The number of methoxy groups -OCH3 is 1. The van der Waals surface area contributed by atoms with E-state index < -0.39 is 18.2 Å². The molecule has 0 spiro atoms. The van der Waals surface area contributed by atoms with Crippen molar-refractivity contribution in [2.45, 2.75) is 51.2 Å². The van der Waals surface area contributed by atoms with Crippen LogP contribution < -0.4 is 4.74 Å². The van der Waals surface area contributed by atoms with E-state index in [0.29, 0.717) is 31.2 Å². The molecule has 0 fully saturated rings. The first kappa shape index (κ1) is 23.2. The highest BCUT2D eigenvalue weighted by Crippen LogP contribution is 2.36. The third-order valence-corrected chi connectivity index (χ3v) is 4.76. The Morgan fingerprint density at radius 1 is 0.933 bits per heavy atom. The molecule has 2 aromatic rings. The number of aryl methyl sites for hydroxylation is 2. The number of esters is 1. The molecule has 5 N–H and O–H groups in total. The maximum Gasteiger partial charge on any atom is 0.302 e. The number of hydrogen-bond acceptors (Lipinski definition) is 8. The molecule has 0 aromatic heterocycles. The van der Waals surface area contributed by atoms with Gasteiger partial charge in [0.15, 0.2) is 23.0 Å². The topological polar surface area (TPSA) is 137 Å². The quantitative estimate of drug-likeness (QED) is 0.292. The maximum atomic E-state index is 11.4. The lowest BCUT2D eigenvalue weighted by molar-refractivity contribution is -0.148. The molecule has 0 radical (unpaired) electrons. The van der Waals surface area contributed by atoms with Gasteiger partial charge in [-0.3, -0.25) is 4.79 Å². The van der Waals surface area contributed by atoms with Crippen molar-refractivity contribution < 1.29 is 39.8 Å². The lowest BCUT2D eigenvalue weighted by Crippen LogP contribution is -2.24. The minimum Gasteiger partial charge on any atom is -0.504 e. The van der Waals surface area contributed by atoms with Gasteiger partial charge in [-0.25, -0.2) is 0 Å². The highest BCUT2D eigenvalue weighted by Gasteiger charge is 2.19. The van der Waals surface area contributed by atoms with Crippen LogP contribution in [0.3, 0.4) is 0 Å². The molecule has 2 rings (SSSR count). The zero-order chi connectivity index (χ0) is 22.3. The van der Waals surface area contributed by atoms with Crippen molar-refractivity contribution >= 4 is 5.97 Å². The van der Waals surface area contributed by atoms with E-state index in [1.807, 2.05) is 0 Å². The summed E-state index contributed by atoms with van der Waals surface area (Å²) < 4.78 is 10.3. The second-order valence-corrected chi connectivity index (χ2v) is 7.19. The van der Waals surface area contributed by atoms with Crippen LogP contribution in [0.15, 0.2) is 30.3 Å². The second kappa shape index (κ2) is 10.6. The summed E-state index contributed by atoms with van der Waals surface area (Å²) in [6.45, 7) is 1.30. The Morgan fingerprint density at radius 2 is 1.60 bits per heavy atom. The van der Waals surface area contributed by atoms with Crippen molar-refractivity contribution in [3.63, 3.8) is 0 Å². The summed E-state index contributed by atoms with van der Waals surface area (Å²) >= 11 is 0. The highest BCUT2D eigenvalue weighted by molar-refractivity contribution is 5.66. The Balaban J connectivity index is 1.94. The van der Waals surface area contributed by atoms with Crippen molar-refractivity contribution in [3.05, 3.63) is 41.5 Å². The van der Waals surface area contributed by atoms with E-state index in [-0.39, 0.29) is 35.2 Å². The number of carbonyl (C=O) groups excluding carboxylic acids is 1. The number of ether oxygens (including phenoxy) is 2. The number of phenolic OH excluding ortho intramolecular Hbond substituents is 4. The molecule has 8 heteroatoms. The van der Waals surface area contributed by atoms with E-state index in [9.17, 15) is 30.3 Å². The smallest absolute Gasteiger partial charge is 0.302 e. The van der Waals surface area contributed by atoms with Gasteiger partial charge < -0.3 is 35.0 Å². The summed E-state index contributed by atoms with van der Waals surface area (Å²) in [6.07, 6.45) is 0.650. The van der Waals surface area contributed by atoms with Crippen molar-refractivity contribution in [1.82, 2.24) is 0 Å². The molecule has 164 valence electrons. The average molecular weight is 420 g/mol. The standard InChI is InChI=1S/C22H28O8/c1-13(23)30-17(7-4-14-5-8-18(25)19(26)9-14)12-16(24)6-3-15-10-20(27)22(28)21(11-15)29-2/h5,8-11,16-17,24-28H,3-4,6-7,12H2,1-2H3. The SMILES string of the molecule is COc1cc(CCC(O)CC(CCc2ccc(O)c(O)c2)OC(C)=O)cc(O)c1O. The van der Waals surface area contributed by atoms with Crippen molar-refractivity contribution in [2.75, 3.05) is 7.11 Å². The first-order valence-electron chi connectivity index (χ1n) is 9.64. The maximum absolute atomic E-state index is 11.4. The minimum absolute atomic E-state index is 0.148. The number of aliphatic hydroxyl groups is 1. The van der Waals surface area contributed by atoms with Gasteiger partial charge in [-0.2, -0.15) is 0 Å². The van der Waals surface area contributed by atoms with Crippen molar-refractivity contribution in [2.24, 2.45) is 0 Å². The molecule has 0 amide bonds. The summed E-state index contributed by atoms with van der Waals surface area (Å²) in [5.41, 5.74) is 1.45. The van der Waals surface area contributed by atoms with Crippen LogP contribution in [-0.4, -0.2) is 50.8 Å².